The number of ether oxygens (including phenoxy) is 1. The van der Waals surface area contributed by atoms with Gasteiger partial charge < -0.3 is 30.2 Å². The van der Waals surface area contributed by atoms with Crippen molar-refractivity contribution in [1.82, 2.24) is 19.5 Å². The van der Waals surface area contributed by atoms with Crippen LogP contribution in [0.3, 0.4) is 0 Å². The summed E-state index contributed by atoms with van der Waals surface area (Å²) in [6.07, 6.45) is -2.23. The molecule has 6 N–H and O–H groups in total. The number of nitrogens with zero attached hydrogens (tertiary/aromatic N) is 3. The van der Waals surface area contributed by atoms with Crippen molar-refractivity contribution in [3.63, 3.8) is 0 Å². The first kappa shape index (κ1) is 19.6. The number of hydrogen-bond acceptors (Lipinski definition) is 9. The molecule has 3 rings (SSSR count). The van der Waals surface area contributed by atoms with E-state index in [4.69, 9.17) is 20.3 Å². The molecular formula is C13H18N5O8P. The van der Waals surface area contributed by atoms with E-state index in [0.717, 1.165) is 0 Å². The molecule has 0 radical (unpaired) electrons. The first-order valence-electron chi connectivity index (χ1n) is 7.82. The number of H-pyrrole nitrogens is 1. The van der Waals surface area contributed by atoms with Gasteiger partial charge in [-0.25, -0.2) is 9.55 Å². The van der Waals surface area contributed by atoms with Crippen LogP contribution < -0.4 is 11.3 Å². The molecule has 0 aromatic carbocycles. The van der Waals surface area contributed by atoms with E-state index in [1.54, 1.807) is 0 Å². The number of fused-ring (bicyclic) bond motifs is 1. The summed E-state index contributed by atoms with van der Waals surface area (Å²) in [6, 6.07) is 0. The normalized spacial score (nSPS) is 25.9. The number of aliphatic hydroxyl groups excluding tert-OH is 1. The summed E-state index contributed by atoms with van der Waals surface area (Å²) >= 11 is 0. The fourth-order valence-corrected chi connectivity index (χ4v) is 3.41. The molecule has 1 fully saturated rings. The SMILES string of the molecule is CC(=O)C[C@H]1[C@@H](O)[C@H](n2cnc3c(=O)[nH]c(N)nc32)O[C@@H]1COP(=O)(O)O. The number of carbonyl (C=O) groups is 1. The number of aromatic amines is 1. The number of Topliss-reactive ketones (excluding diaryl/α,β-unsaturated/α-hetero) is 1. The standard InChI is InChI=1S/C13H18N5O8P/c1-5(19)2-6-7(3-25-27(22,23)24)26-12(9(6)20)18-4-15-8-10(18)16-13(14)17-11(8)21/h4,6-7,9,12,20H,2-3H2,1H3,(H2,22,23,24)(H3,14,16,17,21)/t6-,7-,9-,12-/m1/s1. The predicted molar refractivity (Wildman–Crippen MR) is 89.3 cm³/mol. The lowest BCUT2D eigenvalue weighted by Crippen LogP contribution is -2.30. The number of carbonyl (C=O) groups excluding carboxylic acids is 1. The van der Waals surface area contributed by atoms with Crippen LogP contribution in [0.2, 0.25) is 0 Å². The van der Waals surface area contributed by atoms with E-state index in [1.807, 2.05) is 0 Å². The third-order valence-corrected chi connectivity index (χ3v) is 4.66. The lowest BCUT2D eigenvalue weighted by atomic mass is 9.93. The topological polar surface area (TPSA) is 203 Å². The molecule has 0 spiro atoms. The van der Waals surface area contributed by atoms with Crippen molar-refractivity contribution in [2.45, 2.75) is 31.8 Å². The highest BCUT2D eigenvalue weighted by molar-refractivity contribution is 7.46. The number of hydrogen-bond donors (Lipinski definition) is 5. The van der Waals surface area contributed by atoms with Crippen LogP contribution in [0, 0.1) is 5.92 Å². The molecule has 1 aliphatic rings. The Bertz CT molecular complexity index is 967. The Morgan fingerprint density at radius 2 is 2.22 bits per heavy atom. The molecular weight excluding hydrogens is 385 g/mol. The average Bonchev–Trinajstić information content (AvgIpc) is 3.07. The number of aromatic nitrogens is 4. The second kappa shape index (κ2) is 7.11. The van der Waals surface area contributed by atoms with E-state index >= 15 is 0 Å². The number of nitrogen functional groups attached to an aromatic ring is 1. The van der Waals surface area contributed by atoms with Gasteiger partial charge in [-0.2, -0.15) is 4.98 Å². The molecule has 4 atom stereocenters. The van der Waals surface area contributed by atoms with Crippen molar-refractivity contribution >= 4 is 30.7 Å². The maximum absolute atomic E-state index is 11.9. The second-order valence-corrected chi connectivity index (χ2v) is 7.43. The van der Waals surface area contributed by atoms with Gasteiger partial charge in [-0.15, -0.1) is 0 Å². The maximum Gasteiger partial charge on any atom is 0.469 e. The van der Waals surface area contributed by atoms with Crippen molar-refractivity contribution in [1.29, 1.82) is 0 Å². The largest absolute Gasteiger partial charge is 0.469 e. The van der Waals surface area contributed by atoms with Crippen LogP contribution in [0.5, 0.6) is 0 Å². The first-order chi connectivity index (χ1) is 12.6. The van der Waals surface area contributed by atoms with Crippen LogP contribution >= 0.6 is 7.82 Å². The van der Waals surface area contributed by atoms with Gasteiger partial charge in [0.25, 0.3) is 5.56 Å². The Morgan fingerprint density at radius 3 is 2.85 bits per heavy atom. The van der Waals surface area contributed by atoms with E-state index in [1.165, 1.54) is 17.8 Å². The molecule has 0 bridgehead atoms. The lowest BCUT2D eigenvalue weighted by molar-refractivity contribution is -0.119. The monoisotopic (exact) mass is 403 g/mol. The van der Waals surface area contributed by atoms with Crippen molar-refractivity contribution < 1.29 is 33.5 Å². The molecule has 0 aliphatic carbocycles. The van der Waals surface area contributed by atoms with Crippen molar-refractivity contribution in [2.75, 3.05) is 12.3 Å². The Balaban J connectivity index is 1.95. The molecule has 14 heteroatoms. The van der Waals surface area contributed by atoms with Crippen LogP contribution in [0.15, 0.2) is 11.1 Å². The van der Waals surface area contributed by atoms with Crippen LogP contribution in [0.25, 0.3) is 11.2 Å². The Hall–Kier alpha value is -2.15. The number of phosphoric acid groups is 1. The number of nitrogens with two attached hydrogens (primary N) is 1. The van der Waals surface area contributed by atoms with Crippen LogP contribution in [-0.2, 0) is 18.6 Å². The summed E-state index contributed by atoms with van der Waals surface area (Å²) in [5.41, 5.74) is 4.99. The quantitative estimate of drug-likeness (QED) is 0.357. The lowest BCUT2D eigenvalue weighted by Gasteiger charge is -2.19. The van der Waals surface area contributed by atoms with Gasteiger partial charge in [-0.1, -0.05) is 0 Å². The van der Waals surface area contributed by atoms with Gasteiger partial charge in [-0.05, 0) is 6.92 Å². The van der Waals surface area contributed by atoms with Gasteiger partial charge in [0.15, 0.2) is 17.4 Å². The minimum atomic E-state index is -4.77. The van der Waals surface area contributed by atoms with Crippen molar-refractivity contribution in [2.24, 2.45) is 5.92 Å². The minimum Gasteiger partial charge on any atom is -0.388 e. The smallest absolute Gasteiger partial charge is 0.388 e. The molecule has 1 aliphatic heterocycles. The first-order valence-corrected chi connectivity index (χ1v) is 9.35. The number of rotatable bonds is 6. The van der Waals surface area contributed by atoms with Gasteiger partial charge in [0.2, 0.25) is 5.95 Å². The number of imidazole rings is 1. The molecule has 3 heterocycles. The van der Waals surface area contributed by atoms with Gasteiger partial charge in [-0.3, -0.25) is 18.9 Å². The molecule has 1 saturated heterocycles. The average molecular weight is 403 g/mol. The third-order valence-electron chi connectivity index (χ3n) is 4.18. The molecule has 0 amide bonds. The summed E-state index contributed by atoms with van der Waals surface area (Å²) in [6.45, 7) is 0.772. The summed E-state index contributed by atoms with van der Waals surface area (Å²) in [7, 11) is -4.77. The van der Waals surface area contributed by atoms with E-state index < -0.39 is 44.3 Å². The summed E-state index contributed by atoms with van der Waals surface area (Å²) in [5.74, 6) is -1.21. The third kappa shape index (κ3) is 4.08. The van der Waals surface area contributed by atoms with Crippen molar-refractivity contribution in [3.8, 4) is 0 Å². The Morgan fingerprint density at radius 1 is 1.52 bits per heavy atom. The second-order valence-electron chi connectivity index (χ2n) is 6.19. The summed E-state index contributed by atoms with van der Waals surface area (Å²) in [5, 5.41) is 10.6. The minimum absolute atomic E-state index is 0.0296. The van der Waals surface area contributed by atoms with E-state index in [9.17, 15) is 19.3 Å². The van der Waals surface area contributed by atoms with E-state index in [0.29, 0.717) is 0 Å². The molecule has 148 valence electrons. The summed E-state index contributed by atoms with van der Waals surface area (Å²) < 4.78 is 22.4. The van der Waals surface area contributed by atoms with Crippen molar-refractivity contribution in [3.05, 3.63) is 16.7 Å². The molecule has 0 saturated carbocycles. The highest BCUT2D eigenvalue weighted by Crippen LogP contribution is 2.41. The van der Waals surface area contributed by atoms with Gasteiger partial charge in [0, 0.05) is 12.3 Å². The highest BCUT2D eigenvalue weighted by atomic mass is 31.2. The molecule has 13 nitrogen and oxygen atoms in total. The number of aliphatic hydroxyl groups is 1. The number of phosphoric ester groups is 1. The zero-order valence-electron chi connectivity index (χ0n) is 14.1. The zero-order chi connectivity index (χ0) is 19.9. The molecule has 2 aromatic rings. The number of nitrogens with one attached hydrogen (secondary N) is 1. The van der Waals surface area contributed by atoms with Gasteiger partial charge >= 0.3 is 7.82 Å². The maximum atomic E-state index is 11.9. The fourth-order valence-electron chi connectivity index (χ4n) is 3.07. The number of ketones is 1. The summed E-state index contributed by atoms with van der Waals surface area (Å²) in [4.78, 5) is 51.4. The highest BCUT2D eigenvalue weighted by Gasteiger charge is 2.46. The Labute approximate surface area is 151 Å². The zero-order valence-corrected chi connectivity index (χ0v) is 14.9. The van der Waals surface area contributed by atoms with E-state index in [-0.39, 0.29) is 29.3 Å². The van der Waals surface area contributed by atoms with Crippen LogP contribution in [-0.4, -0.2) is 59.0 Å². The molecule has 2 aromatic heterocycles. The number of anilines is 1. The predicted octanol–water partition coefficient (Wildman–Crippen LogP) is -1.34. The molecule has 0 unspecified atom stereocenters. The van der Waals surface area contributed by atoms with Crippen LogP contribution in [0.4, 0.5) is 5.95 Å². The van der Waals surface area contributed by atoms with Gasteiger partial charge in [0.05, 0.1) is 19.0 Å². The van der Waals surface area contributed by atoms with Gasteiger partial charge in [0.1, 0.15) is 11.9 Å². The Kier molecular flexibility index (Phi) is 5.16. The fraction of sp³-hybridized carbons (Fsp3) is 0.538. The van der Waals surface area contributed by atoms with Crippen LogP contribution in [0.1, 0.15) is 19.6 Å². The molecule has 27 heavy (non-hydrogen) atoms. The van der Waals surface area contributed by atoms with E-state index in [2.05, 4.69) is 19.5 Å².